The van der Waals surface area contributed by atoms with E-state index in [9.17, 15) is 14.4 Å². The molecule has 0 saturated heterocycles. The van der Waals surface area contributed by atoms with Gasteiger partial charge in [0.25, 0.3) is 5.91 Å². The first kappa shape index (κ1) is 29.0. The zero-order valence-electron chi connectivity index (χ0n) is 23.6. The van der Waals surface area contributed by atoms with Crippen LogP contribution in [0.15, 0.2) is 49.0 Å². The molecule has 0 aromatic heterocycles. The third-order valence-electron chi connectivity index (χ3n) is 6.52. The van der Waals surface area contributed by atoms with Gasteiger partial charge in [0.2, 0.25) is 5.91 Å². The Morgan fingerprint density at radius 2 is 1.66 bits per heavy atom. The number of amides is 3. The fourth-order valence-corrected chi connectivity index (χ4v) is 4.48. The van der Waals surface area contributed by atoms with Crippen LogP contribution in [-0.2, 0) is 14.3 Å². The topological polar surface area (TPSA) is 87.7 Å². The van der Waals surface area contributed by atoms with Crippen molar-refractivity contribution in [2.45, 2.75) is 85.0 Å². The van der Waals surface area contributed by atoms with Gasteiger partial charge in [-0.2, -0.15) is 0 Å². The molecule has 7 nitrogen and oxygen atoms in total. The highest BCUT2D eigenvalue weighted by molar-refractivity contribution is 6.00. The van der Waals surface area contributed by atoms with E-state index in [-0.39, 0.29) is 23.8 Å². The third kappa shape index (κ3) is 7.24. The summed E-state index contributed by atoms with van der Waals surface area (Å²) in [5.74, 6) is -0.833. The lowest BCUT2D eigenvalue weighted by molar-refractivity contribution is -0.142. The maximum Gasteiger partial charge on any atom is 0.408 e. The van der Waals surface area contributed by atoms with E-state index in [2.05, 4.69) is 17.2 Å². The van der Waals surface area contributed by atoms with Crippen LogP contribution >= 0.6 is 0 Å². The average Bonchev–Trinajstić information content (AvgIpc) is 3.66. The average molecular weight is 520 g/mol. The first-order valence-electron chi connectivity index (χ1n) is 13.2. The summed E-state index contributed by atoms with van der Waals surface area (Å²) < 4.78 is 5.44. The Morgan fingerprint density at radius 1 is 1.05 bits per heavy atom. The summed E-state index contributed by atoms with van der Waals surface area (Å²) in [7, 11) is 0. The molecule has 38 heavy (non-hydrogen) atoms. The van der Waals surface area contributed by atoms with Crippen LogP contribution in [0.1, 0.15) is 75.8 Å². The summed E-state index contributed by atoms with van der Waals surface area (Å²) in [5.41, 5.74) is 3.44. The van der Waals surface area contributed by atoms with E-state index in [4.69, 9.17) is 4.74 Å². The molecule has 3 amide bonds. The van der Waals surface area contributed by atoms with Gasteiger partial charge >= 0.3 is 6.09 Å². The number of hydrogen-bond acceptors (Lipinski definition) is 4. The Labute approximate surface area is 226 Å². The number of carbonyl (C=O) groups excluding carboxylic acids is 3. The number of alkyl carbamates (subject to hydrolysis) is 1. The summed E-state index contributed by atoms with van der Waals surface area (Å²) in [6.45, 7) is 16.8. The van der Waals surface area contributed by atoms with Crippen molar-refractivity contribution in [1.29, 1.82) is 0 Å². The number of ether oxygens (including phenoxy) is 1. The fourth-order valence-electron chi connectivity index (χ4n) is 4.48. The van der Waals surface area contributed by atoms with Gasteiger partial charge in [-0.1, -0.05) is 62.9 Å². The SMILES string of the molecule is C=Cc1cccc(C(C(=O)Nc2c(C)cccc2C)N(C(=O)C(NC(=O)OC(C)(C)C)C(C)C)C2CC2)c1. The molecule has 0 radical (unpaired) electrons. The van der Waals surface area contributed by atoms with E-state index in [1.54, 1.807) is 31.7 Å². The van der Waals surface area contributed by atoms with Crippen LogP contribution in [0.2, 0.25) is 0 Å². The Morgan fingerprint density at radius 3 is 2.18 bits per heavy atom. The Kier molecular flexibility index (Phi) is 9.02. The Hall–Kier alpha value is -3.61. The van der Waals surface area contributed by atoms with Gasteiger partial charge in [0.1, 0.15) is 17.7 Å². The van der Waals surface area contributed by atoms with Crippen molar-refractivity contribution in [3.8, 4) is 0 Å². The van der Waals surface area contributed by atoms with Gasteiger partial charge in [0.05, 0.1) is 0 Å². The molecule has 2 aromatic rings. The lowest BCUT2D eigenvalue weighted by atomic mass is 9.97. The van der Waals surface area contributed by atoms with Gasteiger partial charge in [0, 0.05) is 11.7 Å². The molecular weight excluding hydrogens is 478 g/mol. The molecular formula is C31H41N3O4. The minimum absolute atomic E-state index is 0.106. The van der Waals surface area contributed by atoms with Crippen LogP contribution < -0.4 is 10.6 Å². The summed E-state index contributed by atoms with van der Waals surface area (Å²) in [5, 5.41) is 5.87. The van der Waals surface area contributed by atoms with Crippen LogP contribution in [0.5, 0.6) is 0 Å². The molecule has 2 unspecified atom stereocenters. The van der Waals surface area contributed by atoms with Crippen molar-refractivity contribution in [2.24, 2.45) is 5.92 Å². The largest absolute Gasteiger partial charge is 0.444 e. The zero-order valence-corrected chi connectivity index (χ0v) is 23.6. The van der Waals surface area contributed by atoms with Gasteiger partial charge in [0.15, 0.2) is 0 Å². The van der Waals surface area contributed by atoms with E-state index in [0.717, 1.165) is 35.2 Å². The summed E-state index contributed by atoms with van der Waals surface area (Å²) in [6, 6.07) is 11.5. The Balaban J connectivity index is 2.04. The molecule has 2 N–H and O–H groups in total. The van der Waals surface area contributed by atoms with Gasteiger partial charge in [-0.3, -0.25) is 9.59 Å². The predicted molar refractivity (Wildman–Crippen MR) is 152 cm³/mol. The van der Waals surface area contributed by atoms with Crippen LogP contribution in [0.4, 0.5) is 10.5 Å². The summed E-state index contributed by atoms with van der Waals surface area (Å²) in [6.07, 6.45) is 2.63. The maximum absolute atomic E-state index is 14.2. The van der Waals surface area contributed by atoms with Crippen molar-refractivity contribution in [1.82, 2.24) is 10.2 Å². The lowest BCUT2D eigenvalue weighted by Crippen LogP contribution is -2.55. The van der Waals surface area contributed by atoms with Crippen LogP contribution in [0.3, 0.4) is 0 Å². The molecule has 0 heterocycles. The number of rotatable bonds is 9. The molecule has 1 saturated carbocycles. The predicted octanol–water partition coefficient (Wildman–Crippen LogP) is 6.17. The highest BCUT2D eigenvalue weighted by atomic mass is 16.6. The highest BCUT2D eigenvalue weighted by Gasteiger charge is 2.45. The smallest absolute Gasteiger partial charge is 0.408 e. The van der Waals surface area contributed by atoms with Crippen molar-refractivity contribution < 1.29 is 19.1 Å². The second-order valence-electron chi connectivity index (χ2n) is 11.4. The molecule has 1 aliphatic rings. The molecule has 0 spiro atoms. The second kappa shape index (κ2) is 11.8. The first-order chi connectivity index (χ1) is 17.8. The van der Waals surface area contributed by atoms with E-state index < -0.39 is 23.8 Å². The normalized spacial score (nSPS) is 14.8. The zero-order chi connectivity index (χ0) is 28.2. The molecule has 3 rings (SSSR count). The van der Waals surface area contributed by atoms with E-state index in [1.807, 2.05) is 70.2 Å². The number of para-hydroxylation sites is 1. The third-order valence-corrected chi connectivity index (χ3v) is 6.52. The standard InChI is InChI=1S/C31H41N3O4/c1-9-22-14-11-15-23(18-22)27(28(35)32-26-20(4)12-10-13-21(26)5)34(24-16-17-24)29(36)25(19(2)3)33-30(37)38-31(6,7)8/h9-15,18-19,24-25,27H,1,16-17H2,2-8H3,(H,32,35)(H,33,37). The first-order valence-corrected chi connectivity index (χ1v) is 13.2. The minimum atomic E-state index is -0.893. The molecule has 204 valence electrons. The number of hydrogen-bond donors (Lipinski definition) is 2. The van der Waals surface area contributed by atoms with Gasteiger partial charge < -0.3 is 20.3 Å². The molecule has 0 aliphatic heterocycles. The number of nitrogens with zero attached hydrogens (tertiary/aromatic N) is 1. The molecule has 1 fully saturated rings. The lowest BCUT2D eigenvalue weighted by Gasteiger charge is -2.36. The van der Waals surface area contributed by atoms with Crippen LogP contribution in [0, 0.1) is 19.8 Å². The van der Waals surface area contributed by atoms with Gasteiger partial charge in [-0.25, -0.2) is 4.79 Å². The Bertz CT molecular complexity index is 1170. The number of nitrogens with one attached hydrogen (secondary N) is 2. The van der Waals surface area contributed by atoms with E-state index >= 15 is 0 Å². The van der Waals surface area contributed by atoms with Crippen molar-refractivity contribution in [2.75, 3.05) is 5.32 Å². The highest BCUT2D eigenvalue weighted by Crippen LogP contribution is 2.37. The van der Waals surface area contributed by atoms with Crippen LogP contribution in [0.25, 0.3) is 6.08 Å². The van der Waals surface area contributed by atoms with E-state index in [1.165, 1.54) is 0 Å². The quantitative estimate of drug-likeness (QED) is 0.415. The van der Waals surface area contributed by atoms with Gasteiger partial charge in [-0.05, 0) is 81.7 Å². The van der Waals surface area contributed by atoms with E-state index in [0.29, 0.717) is 5.56 Å². The molecule has 2 aromatic carbocycles. The summed E-state index contributed by atoms with van der Waals surface area (Å²) >= 11 is 0. The number of carbonyl (C=O) groups is 3. The minimum Gasteiger partial charge on any atom is -0.444 e. The number of benzene rings is 2. The second-order valence-corrected chi connectivity index (χ2v) is 11.4. The van der Waals surface area contributed by atoms with Crippen molar-refractivity contribution >= 4 is 29.7 Å². The fraction of sp³-hybridized carbons (Fsp3) is 0.452. The molecule has 0 bridgehead atoms. The van der Waals surface area contributed by atoms with Gasteiger partial charge in [-0.15, -0.1) is 0 Å². The summed E-state index contributed by atoms with van der Waals surface area (Å²) in [4.78, 5) is 42.6. The monoisotopic (exact) mass is 519 g/mol. The maximum atomic E-state index is 14.2. The molecule has 2 atom stereocenters. The van der Waals surface area contributed by atoms with Crippen LogP contribution in [-0.4, -0.2) is 40.5 Å². The number of aryl methyl sites for hydroxylation is 2. The molecule has 1 aliphatic carbocycles. The van der Waals surface area contributed by atoms with Crippen molar-refractivity contribution in [3.05, 3.63) is 71.3 Å². The number of anilines is 1. The van der Waals surface area contributed by atoms with Crippen molar-refractivity contribution in [3.63, 3.8) is 0 Å². The molecule has 7 heteroatoms.